The first-order chi connectivity index (χ1) is 11.3. The van der Waals surface area contributed by atoms with E-state index in [2.05, 4.69) is 9.97 Å². The third-order valence-electron chi connectivity index (χ3n) is 3.52. The summed E-state index contributed by atoms with van der Waals surface area (Å²) in [5.41, 5.74) is 0.927. The van der Waals surface area contributed by atoms with Gasteiger partial charge in [-0.1, -0.05) is 0 Å². The van der Waals surface area contributed by atoms with Crippen molar-refractivity contribution in [2.45, 2.75) is 12.3 Å². The molecule has 1 unspecified atom stereocenters. The van der Waals surface area contributed by atoms with Gasteiger partial charge >= 0.3 is 0 Å². The number of hydrogen-bond acceptors (Lipinski definition) is 5. The molecule has 3 aromatic heterocycles. The third-order valence-corrected chi connectivity index (χ3v) is 3.52. The summed E-state index contributed by atoms with van der Waals surface area (Å²) >= 11 is 0. The summed E-state index contributed by atoms with van der Waals surface area (Å²) in [6.07, 6.45) is 7.70. The standard InChI is InChI=1S/C18H14N2O3/c21-16(13-4-1-7-19-11-13)10-15(17-6-3-9-23-17)18(22)14-5-2-8-20-12-14/h1-9,11-12,15H,10H2. The SMILES string of the molecule is O=C(CC(C(=O)c1cccnc1)c1ccco1)c1cccnc1. The molecule has 114 valence electrons. The highest BCUT2D eigenvalue weighted by Gasteiger charge is 2.27. The van der Waals surface area contributed by atoms with Gasteiger partial charge in [-0.25, -0.2) is 0 Å². The molecule has 1 atom stereocenters. The molecule has 5 nitrogen and oxygen atoms in total. The maximum Gasteiger partial charge on any atom is 0.175 e. The summed E-state index contributed by atoms with van der Waals surface area (Å²) in [6.45, 7) is 0. The highest BCUT2D eigenvalue weighted by Crippen LogP contribution is 2.26. The largest absolute Gasteiger partial charge is 0.469 e. The number of carbonyl (C=O) groups is 2. The van der Waals surface area contributed by atoms with Crippen LogP contribution in [-0.2, 0) is 0 Å². The van der Waals surface area contributed by atoms with E-state index in [-0.39, 0.29) is 18.0 Å². The molecular weight excluding hydrogens is 292 g/mol. The molecule has 0 amide bonds. The molecule has 3 rings (SSSR count). The van der Waals surface area contributed by atoms with E-state index in [1.165, 1.54) is 18.7 Å². The van der Waals surface area contributed by atoms with Gasteiger partial charge in [0.25, 0.3) is 0 Å². The Hall–Kier alpha value is -3.08. The maximum absolute atomic E-state index is 12.7. The Morgan fingerprint density at radius 1 is 0.957 bits per heavy atom. The van der Waals surface area contributed by atoms with Gasteiger partial charge in [0.2, 0.25) is 0 Å². The van der Waals surface area contributed by atoms with Crippen LogP contribution in [0.1, 0.15) is 38.8 Å². The minimum Gasteiger partial charge on any atom is -0.469 e. The topological polar surface area (TPSA) is 73.1 Å². The van der Waals surface area contributed by atoms with Gasteiger partial charge in [-0.05, 0) is 36.4 Å². The highest BCUT2D eigenvalue weighted by atomic mass is 16.3. The van der Waals surface area contributed by atoms with Gasteiger partial charge in [0.1, 0.15) is 5.76 Å². The summed E-state index contributed by atoms with van der Waals surface area (Å²) in [4.78, 5) is 33.1. The molecule has 0 saturated heterocycles. The average molecular weight is 306 g/mol. The van der Waals surface area contributed by atoms with Crippen LogP contribution < -0.4 is 0 Å². The van der Waals surface area contributed by atoms with E-state index >= 15 is 0 Å². The van der Waals surface area contributed by atoms with Gasteiger partial charge in [-0.2, -0.15) is 0 Å². The Morgan fingerprint density at radius 2 is 1.65 bits per heavy atom. The molecule has 23 heavy (non-hydrogen) atoms. The second kappa shape index (κ2) is 6.79. The molecule has 5 heteroatoms. The van der Waals surface area contributed by atoms with Crippen LogP contribution >= 0.6 is 0 Å². The summed E-state index contributed by atoms with van der Waals surface area (Å²) in [5, 5.41) is 0. The number of furan rings is 1. The molecule has 3 aromatic rings. The molecule has 0 fully saturated rings. The zero-order valence-corrected chi connectivity index (χ0v) is 12.3. The quantitative estimate of drug-likeness (QED) is 0.653. The van der Waals surface area contributed by atoms with Crippen LogP contribution in [0.2, 0.25) is 0 Å². The molecular formula is C18H14N2O3. The smallest absolute Gasteiger partial charge is 0.175 e. The molecule has 0 spiro atoms. The molecule has 0 radical (unpaired) electrons. The van der Waals surface area contributed by atoms with E-state index in [9.17, 15) is 9.59 Å². The Labute approximate surface area is 133 Å². The van der Waals surface area contributed by atoms with Crippen molar-refractivity contribution in [1.29, 1.82) is 0 Å². The Bertz CT molecular complexity index is 784. The molecule has 0 aliphatic rings. The first-order valence-corrected chi connectivity index (χ1v) is 7.16. The molecule has 0 aromatic carbocycles. The Balaban J connectivity index is 1.88. The van der Waals surface area contributed by atoms with Crippen LogP contribution in [0.4, 0.5) is 0 Å². The number of carbonyl (C=O) groups excluding carboxylic acids is 2. The number of ketones is 2. The number of rotatable bonds is 6. The van der Waals surface area contributed by atoms with Gasteiger partial charge in [0.05, 0.1) is 12.2 Å². The van der Waals surface area contributed by atoms with Crippen LogP contribution in [0.3, 0.4) is 0 Å². The molecule has 3 heterocycles. The van der Waals surface area contributed by atoms with Gasteiger partial charge < -0.3 is 4.42 Å². The molecule has 0 saturated carbocycles. The second-order valence-electron chi connectivity index (χ2n) is 5.04. The first kappa shape index (κ1) is 14.8. The van der Waals surface area contributed by atoms with Crippen LogP contribution in [-0.4, -0.2) is 21.5 Å². The lowest BCUT2D eigenvalue weighted by atomic mass is 9.90. The van der Waals surface area contributed by atoms with Gasteiger partial charge in [0.15, 0.2) is 11.6 Å². The van der Waals surface area contributed by atoms with E-state index in [1.54, 1.807) is 48.8 Å². The summed E-state index contributed by atoms with van der Waals surface area (Å²) in [5.74, 6) is -0.556. The van der Waals surface area contributed by atoms with Crippen molar-refractivity contribution in [3.05, 3.63) is 84.3 Å². The van der Waals surface area contributed by atoms with Crippen molar-refractivity contribution < 1.29 is 14.0 Å². The van der Waals surface area contributed by atoms with Gasteiger partial charge in [0, 0.05) is 42.3 Å². The van der Waals surface area contributed by atoms with Crippen molar-refractivity contribution in [1.82, 2.24) is 9.97 Å². The Kier molecular flexibility index (Phi) is 4.38. The minimum absolute atomic E-state index is 0.0208. The van der Waals surface area contributed by atoms with Crippen LogP contribution in [0.25, 0.3) is 0 Å². The van der Waals surface area contributed by atoms with E-state index in [1.807, 2.05) is 0 Å². The fraction of sp³-hybridized carbons (Fsp3) is 0.111. The van der Waals surface area contributed by atoms with Gasteiger partial charge in [-0.3, -0.25) is 19.6 Å². The predicted molar refractivity (Wildman–Crippen MR) is 83.2 cm³/mol. The fourth-order valence-corrected chi connectivity index (χ4v) is 2.35. The molecule has 0 bridgehead atoms. The lowest BCUT2D eigenvalue weighted by Gasteiger charge is -2.12. The zero-order chi connectivity index (χ0) is 16.1. The van der Waals surface area contributed by atoms with Crippen LogP contribution in [0.15, 0.2) is 71.9 Å². The normalized spacial score (nSPS) is 11.8. The minimum atomic E-state index is -0.679. The number of pyridine rings is 2. The number of Topliss-reactive ketones (excluding diaryl/α,β-unsaturated/α-hetero) is 2. The van der Waals surface area contributed by atoms with Crippen LogP contribution in [0.5, 0.6) is 0 Å². The van der Waals surface area contributed by atoms with Crippen molar-refractivity contribution >= 4 is 11.6 Å². The van der Waals surface area contributed by atoms with E-state index in [4.69, 9.17) is 4.42 Å². The molecule has 0 aliphatic heterocycles. The number of aromatic nitrogens is 2. The summed E-state index contributed by atoms with van der Waals surface area (Å²) in [6, 6.07) is 10.2. The van der Waals surface area contributed by atoms with Crippen molar-refractivity contribution in [2.75, 3.05) is 0 Å². The van der Waals surface area contributed by atoms with E-state index in [0.29, 0.717) is 16.9 Å². The lowest BCUT2D eigenvalue weighted by molar-refractivity contribution is 0.0883. The maximum atomic E-state index is 12.7. The second-order valence-corrected chi connectivity index (χ2v) is 5.04. The zero-order valence-electron chi connectivity index (χ0n) is 12.3. The van der Waals surface area contributed by atoms with E-state index < -0.39 is 5.92 Å². The molecule has 0 aliphatic carbocycles. The van der Waals surface area contributed by atoms with E-state index in [0.717, 1.165) is 0 Å². The predicted octanol–water partition coefficient (Wildman–Crippen LogP) is 3.31. The van der Waals surface area contributed by atoms with Crippen molar-refractivity contribution in [2.24, 2.45) is 0 Å². The number of hydrogen-bond donors (Lipinski definition) is 0. The van der Waals surface area contributed by atoms with Crippen molar-refractivity contribution in [3.8, 4) is 0 Å². The monoisotopic (exact) mass is 306 g/mol. The first-order valence-electron chi connectivity index (χ1n) is 7.16. The average Bonchev–Trinajstić information content (AvgIpc) is 3.15. The lowest BCUT2D eigenvalue weighted by Crippen LogP contribution is -2.17. The van der Waals surface area contributed by atoms with Crippen molar-refractivity contribution in [3.63, 3.8) is 0 Å². The van der Waals surface area contributed by atoms with Gasteiger partial charge in [-0.15, -0.1) is 0 Å². The Morgan fingerprint density at radius 3 is 2.22 bits per heavy atom. The highest BCUT2D eigenvalue weighted by molar-refractivity contribution is 6.05. The summed E-state index contributed by atoms with van der Waals surface area (Å²) in [7, 11) is 0. The fourth-order valence-electron chi connectivity index (χ4n) is 2.35. The van der Waals surface area contributed by atoms with Crippen LogP contribution in [0, 0.1) is 0 Å². The number of nitrogens with zero attached hydrogens (tertiary/aromatic N) is 2. The third kappa shape index (κ3) is 3.40. The summed E-state index contributed by atoms with van der Waals surface area (Å²) < 4.78 is 5.37. The molecule has 0 N–H and O–H groups in total.